The molecule has 3 aromatic rings. The van der Waals surface area contributed by atoms with Crippen LogP contribution < -0.4 is 10.6 Å². The summed E-state index contributed by atoms with van der Waals surface area (Å²) in [6, 6.07) is 7.58. The van der Waals surface area contributed by atoms with E-state index in [1.807, 2.05) is 0 Å². The van der Waals surface area contributed by atoms with E-state index in [-0.39, 0.29) is 29.8 Å². The fourth-order valence-electron chi connectivity index (χ4n) is 2.70. The van der Waals surface area contributed by atoms with Gasteiger partial charge in [0.1, 0.15) is 5.82 Å². The number of ether oxygens (including phenoxy) is 1. The van der Waals surface area contributed by atoms with Crippen molar-refractivity contribution in [3.05, 3.63) is 47.4 Å². The highest BCUT2D eigenvalue weighted by Gasteiger charge is 2.19. The van der Waals surface area contributed by atoms with Crippen LogP contribution in [0.15, 0.2) is 34.9 Å². The summed E-state index contributed by atoms with van der Waals surface area (Å²) in [5.74, 6) is -0.583. The minimum Gasteiger partial charge on any atom is -0.383 e. The van der Waals surface area contributed by atoms with E-state index in [9.17, 15) is 9.18 Å². The first-order valence-electron chi connectivity index (χ1n) is 8.61. The van der Waals surface area contributed by atoms with E-state index in [2.05, 4.69) is 20.8 Å². The lowest BCUT2D eigenvalue weighted by molar-refractivity contribution is 0.0955. The predicted molar refractivity (Wildman–Crippen MR) is 106 cm³/mol. The van der Waals surface area contributed by atoms with Crippen LogP contribution in [0.25, 0.3) is 22.4 Å². The van der Waals surface area contributed by atoms with Crippen LogP contribution in [0.5, 0.6) is 0 Å². The number of nitrogens with one attached hydrogen (secondary N) is 2. The zero-order valence-corrected chi connectivity index (χ0v) is 16.4. The Morgan fingerprint density at radius 2 is 1.96 bits per heavy atom. The molecule has 0 aliphatic carbocycles. The highest BCUT2D eigenvalue weighted by molar-refractivity contribution is 6.07. The highest BCUT2D eigenvalue weighted by Crippen LogP contribution is 2.27. The third kappa shape index (κ3) is 5.03. The standard InChI is InChI=1S/C19H21FN4O3.ClH/c1-12-17-15(18(25)22-8-7-21-9-10-26-2)11-16(23-19(17)27-24-12)13-3-5-14(20)6-4-13;/h3-6,11,21H,7-10H2,1-2H3,(H,22,25);1H. The first-order valence-corrected chi connectivity index (χ1v) is 8.61. The van der Waals surface area contributed by atoms with Gasteiger partial charge >= 0.3 is 0 Å². The number of halogens is 2. The zero-order chi connectivity index (χ0) is 19.2. The number of carbonyl (C=O) groups excluding carboxylic acids is 1. The molecular weight excluding hydrogens is 387 g/mol. The molecule has 7 nitrogen and oxygen atoms in total. The van der Waals surface area contributed by atoms with E-state index in [1.54, 1.807) is 32.2 Å². The van der Waals surface area contributed by atoms with Gasteiger partial charge in [0, 0.05) is 32.3 Å². The van der Waals surface area contributed by atoms with Gasteiger partial charge in [-0.05, 0) is 37.3 Å². The molecule has 2 heterocycles. The third-order valence-electron chi connectivity index (χ3n) is 4.07. The lowest BCUT2D eigenvalue weighted by Gasteiger charge is -2.09. The normalized spacial score (nSPS) is 10.7. The number of fused-ring (bicyclic) bond motifs is 1. The Balaban J connectivity index is 0.00000280. The van der Waals surface area contributed by atoms with Crippen molar-refractivity contribution in [2.45, 2.75) is 6.92 Å². The molecule has 0 unspecified atom stereocenters. The van der Waals surface area contributed by atoms with Crippen molar-refractivity contribution in [3.63, 3.8) is 0 Å². The van der Waals surface area contributed by atoms with Crippen LogP contribution in [0.3, 0.4) is 0 Å². The molecule has 0 aliphatic rings. The quantitative estimate of drug-likeness (QED) is 0.557. The average Bonchev–Trinajstić information content (AvgIpc) is 3.05. The molecule has 9 heteroatoms. The summed E-state index contributed by atoms with van der Waals surface area (Å²) < 4.78 is 23.4. The topological polar surface area (TPSA) is 89.3 Å². The Hall–Kier alpha value is -2.55. The van der Waals surface area contributed by atoms with Gasteiger partial charge in [-0.15, -0.1) is 12.4 Å². The number of carbonyl (C=O) groups is 1. The SMILES string of the molecule is COCCNCCNC(=O)c1cc(-c2ccc(F)cc2)nc2onc(C)c12.Cl. The van der Waals surface area contributed by atoms with Gasteiger partial charge in [-0.25, -0.2) is 9.37 Å². The van der Waals surface area contributed by atoms with Gasteiger partial charge in [0.05, 0.1) is 28.9 Å². The number of hydrogen-bond acceptors (Lipinski definition) is 6. The summed E-state index contributed by atoms with van der Waals surface area (Å²) >= 11 is 0. The summed E-state index contributed by atoms with van der Waals surface area (Å²) in [4.78, 5) is 17.1. The number of hydrogen-bond donors (Lipinski definition) is 2. The molecule has 2 aromatic heterocycles. The van der Waals surface area contributed by atoms with Crippen LogP contribution in [0, 0.1) is 12.7 Å². The molecule has 0 fully saturated rings. The van der Waals surface area contributed by atoms with Gasteiger partial charge in [-0.1, -0.05) is 5.16 Å². The van der Waals surface area contributed by atoms with Crippen molar-refractivity contribution < 1.29 is 18.4 Å². The van der Waals surface area contributed by atoms with Crippen LogP contribution in [-0.2, 0) is 4.74 Å². The van der Waals surface area contributed by atoms with Gasteiger partial charge in [-0.2, -0.15) is 0 Å². The summed E-state index contributed by atoms with van der Waals surface area (Å²) in [5, 5.41) is 10.5. The Morgan fingerprint density at radius 1 is 1.21 bits per heavy atom. The monoisotopic (exact) mass is 408 g/mol. The molecule has 0 radical (unpaired) electrons. The minimum absolute atomic E-state index is 0. The van der Waals surface area contributed by atoms with Gasteiger partial charge in [0.15, 0.2) is 0 Å². The van der Waals surface area contributed by atoms with Crippen LogP contribution in [0.2, 0.25) is 0 Å². The molecule has 0 spiro atoms. The molecule has 3 rings (SSSR count). The smallest absolute Gasteiger partial charge is 0.259 e. The molecule has 28 heavy (non-hydrogen) atoms. The fourth-order valence-corrected chi connectivity index (χ4v) is 2.70. The first-order chi connectivity index (χ1) is 13.1. The molecule has 1 amide bonds. The zero-order valence-electron chi connectivity index (χ0n) is 15.6. The van der Waals surface area contributed by atoms with Gasteiger partial charge in [-0.3, -0.25) is 4.79 Å². The Morgan fingerprint density at radius 3 is 2.68 bits per heavy atom. The molecule has 1 aromatic carbocycles. The maximum Gasteiger partial charge on any atom is 0.259 e. The van der Waals surface area contributed by atoms with E-state index in [0.717, 1.165) is 0 Å². The van der Waals surface area contributed by atoms with Gasteiger partial charge in [0.2, 0.25) is 0 Å². The summed E-state index contributed by atoms with van der Waals surface area (Å²) in [6.07, 6.45) is 0. The number of amides is 1. The summed E-state index contributed by atoms with van der Waals surface area (Å²) in [7, 11) is 1.64. The number of aromatic nitrogens is 2. The molecular formula is C19H22ClFN4O3. The molecule has 150 valence electrons. The second-order valence-corrected chi connectivity index (χ2v) is 6.01. The predicted octanol–water partition coefficient (Wildman–Crippen LogP) is 2.72. The average molecular weight is 409 g/mol. The number of pyridine rings is 1. The number of benzene rings is 1. The van der Waals surface area contributed by atoms with E-state index in [1.165, 1.54) is 12.1 Å². The Kier molecular flexibility index (Phi) is 7.86. The second-order valence-electron chi connectivity index (χ2n) is 6.01. The van der Waals surface area contributed by atoms with E-state index >= 15 is 0 Å². The largest absolute Gasteiger partial charge is 0.383 e. The van der Waals surface area contributed by atoms with Crippen LogP contribution >= 0.6 is 12.4 Å². The third-order valence-corrected chi connectivity index (χ3v) is 4.07. The Bertz CT molecular complexity index is 931. The van der Waals surface area contributed by atoms with Crippen molar-refractivity contribution in [1.82, 2.24) is 20.8 Å². The molecule has 0 aliphatic heterocycles. The lowest BCUT2D eigenvalue weighted by Crippen LogP contribution is -2.33. The summed E-state index contributed by atoms with van der Waals surface area (Å²) in [5.41, 5.74) is 2.49. The molecule has 0 saturated heterocycles. The Labute approximate surface area is 168 Å². The van der Waals surface area contributed by atoms with Crippen LogP contribution in [0.4, 0.5) is 4.39 Å². The number of aryl methyl sites for hydroxylation is 1. The van der Waals surface area contributed by atoms with E-state index in [4.69, 9.17) is 9.26 Å². The number of methoxy groups -OCH3 is 1. The van der Waals surface area contributed by atoms with Crippen molar-refractivity contribution in [2.75, 3.05) is 33.4 Å². The highest BCUT2D eigenvalue weighted by atomic mass is 35.5. The molecule has 2 N–H and O–H groups in total. The van der Waals surface area contributed by atoms with Gasteiger partial charge < -0.3 is 19.9 Å². The maximum absolute atomic E-state index is 13.2. The molecule has 0 saturated carbocycles. The van der Waals surface area contributed by atoms with Crippen LogP contribution in [0.1, 0.15) is 16.1 Å². The summed E-state index contributed by atoms with van der Waals surface area (Å²) in [6.45, 7) is 4.17. The number of rotatable bonds is 8. The fraction of sp³-hybridized carbons (Fsp3) is 0.316. The van der Waals surface area contributed by atoms with Gasteiger partial charge in [0.25, 0.3) is 11.6 Å². The minimum atomic E-state index is -0.339. The van der Waals surface area contributed by atoms with Crippen molar-refractivity contribution >= 4 is 29.4 Å². The van der Waals surface area contributed by atoms with E-state index < -0.39 is 0 Å². The second kappa shape index (κ2) is 10.1. The van der Waals surface area contributed by atoms with Crippen molar-refractivity contribution in [3.8, 4) is 11.3 Å². The molecule has 0 bridgehead atoms. The van der Waals surface area contributed by atoms with E-state index in [0.29, 0.717) is 54.1 Å². The van der Waals surface area contributed by atoms with Crippen LogP contribution in [-0.4, -0.2) is 49.4 Å². The maximum atomic E-state index is 13.2. The van der Waals surface area contributed by atoms with Crippen molar-refractivity contribution in [2.24, 2.45) is 0 Å². The lowest BCUT2D eigenvalue weighted by atomic mass is 10.1. The first kappa shape index (κ1) is 21.7. The van der Waals surface area contributed by atoms with Crippen molar-refractivity contribution in [1.29, 1.82) is 0 Å². The number of nitrogens with zero attached hydrogens (tertiary/aromatic N) is 2. The molecule has 0 atom stereocenters.